The number of carbonyl (C=O) groups is 3. The minimum Gasteiger partial charge on any atom is -0.489 e. The maximum Gasteiger partial charge on any atom is 0.339 e. The molecule has 0 spiro atoms. The van der Waals surface area contributed by atoms with Crippen LogP contribution in [0.5, 0.6) is 5.75 Å². The van der Waals surface area contributed by atoms with Gasteiger partial charge in [0.25, 0.3) is 5.91 Å². The maximum absolute atomic E-state index is 12.9. The number of ether oxygens (including phenoxy) is 2. The summed E-state index contributed by atoms with van der Waals surface area (Å²) in [5.74, 6) is -0.973. The largest absolute Gasteiger partial charge is 0.489 e. The zero-order chi connectivity index (χ0) is 25.3. The highest BCUT2D eigenvalue weighted by atomic mass is 35.5. The number of nitrogens with one attached hydrogen (secondary N) is 1. The Balaban J connectivity index is 1.31. The first-order chi connectivity index (χ1) is 17.5. The van der Waals surface area contributed by atoms with Crippen LogP contribution in [0.3, 0.4) is 0 Å². The highest BCUT2D eigenvalue weighted by Crippen LogP contribution is 2.19. The topological polar surface area (TPSA) is 81.7 Å². The van der Waals surface area contributed by atoms with Gasteiger partial charge in [0, 0.05) is 21.8 Å². The summed E-state index contributed by atoms with van der Waals surface area (Å²) in [5, 5.41) is 3.17. The van der Waals surface area contributed by atoms with E-state index in [2.05, 4.69) is 5.32 Å². The van der Waals surface area contributed by atoms with Crippen molar-refractivity contribution in [2.45, 2.75) is 6.61 Å². The number of rotatable bonds is 9. The number of carbonyl (C=O) groups excluding carboxylic acids is 3. The zero-order valence-electron chi connectivity index (χ0n) is 19.1. The van der Waals surface area contributed by atoms with Crippen LogP contribution >= 0.6 is 11.6 Å². The standard InChI is InChI=1S/C29H22ClNO5/c30-22-12-10-21(11-13-22)28(33)25-8-4-5-9-26(25)29(34)36-19-27(32)31-23-14-16-24(17-15-23)35-18-20-6-2-1-3-7-20/h1-17H,18-19H2,(H,31,32). The van der Waals surface area contributed by atoms with Crippen LogP contribution in [0.15, 0.2) is 103 Å². The average molecular weight is 500 g/mol. The minimum atomic E-state index is -0.771. The summed E-state index contributed by atoms with van der Waals surface area (Å²) in [5.41, 5.74) is 2.21. The maximum atomic E-state index is 12.9. The van der Waals surface area contributed by atoms with Gasteiger partial charge in [-0.25, -0.2) is 4.79 Å². The number of hydrogen-bond acceptors (Lipinski definition) is 5. The van der Waals surface area contributed by atoms with Gasteiger partial charge in [-0.1, -0.05) is 60.1 Å². The van der Waals surface area contributed by atoms with Gasteiger partial charge in [0.1, 0.15) is 12.4 Å². The summed E-state index contributed by atoms with van der Waals surface area (Å²) in [4.78, 5) is 37.8. The number of amides is 1. The van der Waals surface area contributed by atoms with E-state index >= 15 is 0 Å². The van der Waals surface area contributed by atoms with Crippen LogP contribution in [0, 0.1) is 0 Å². The molecule has 0 fully saturated rings. The van der Waals surface area contributed by atoms with Gasteiger partial charge in [-0.2, -0.15) is 0 Å². The third kappa shape index (κ3) is 6.58. The summed E-state index contributed by atoms with van der Waals surface area (Å²) in [6.07, 6.45) is 0. The van der Waals surface area contributed by atoms with E-state index in [-0.39, 0.29) is 16.9 Å². The van der Waals surface area contributed by atoms with Crippen LogP contribution in [-0.2, 0) is 16.1 Å². The molecule has 7 heteroatoms. The fourth-order valence-corrected chi connectivity index (χ4v) is 3.52. The van der Waals surface area contributed by atoms with Gasteiger partial charge in [-0.15, -0.1) is 0 Å². The smallest absolute Gasteiger partial charge is 0.339 e. The normalized spacial score (nSPS) is 10.4. The van der Waals surface area contributed by atoms with Crippen molar-refractivity contribution in [2.24, 2.45) is 0 Å². The van der Waals surface area contributed by atoms with E-state index in [4.69, 9.17) is 21.1 Å². The molecule has 0 aromatic heterocycles. The monoisotopic (exact) mass is 499 g/mol. The molecule has 0 radical (unpaired) electrons. The molecule has 0 aliphatic carbocycles. The Morgan fingerprint density at radius 2 is 1.36 bits per heavy atom. The average Bonchev–Trinajstić information content (AvgIpc) is 2.92. The second-order valence-electron chi connectivity index (χ2n) is 7.80. The molecule has 0 saturated heterocycles. The van der Waals surface area contributed by atoms with Gasteiger partial charge in [0.2, 0.25) is 0 Å². The third-order valence-corrected chi connectivity index (χ3v) is 5.47. The molecular formula is C29H22ClNO5. The molecule has 1 amide bonds. The van der Waals surface area contributed by atoms with Crippen LogP contribution < -0.4 is 10.1 Å². The molecule has 0 aliphatic rings. The van der Waals surface area contributed by atoms with Crippen molar-refractivity contribution in [2.75, 3.05) is 11.9 Å². The lowest BCUT2D eigenvalue weighted by Crippen LogP contribution is -2.22. The fraction of sp³-hybridized carbons (Fsp3) is 0.0690. The molecule has 1 N–H and O–H groups in total. The molecule has 0 heterocycles. The Morgan fingerprint density at radius 3 is 2.06 bits per heavy atom. The highest BCUT2D eigenvalue weighted by Gasteiger charge is 2.20. The van der Waals surface area contributed by atoms with Crippen molar-refractivity contribution >= 4 is 34.9 Å². The van der Waals surface area contributed by atoms with Crippen molar-refractivity contribution < 1.29 is 23.9 Å². The Morgan fingerprint density at radius 1 is 0.722 bits per heavy atom. The number of esters is 1. The molecule has 4 aromatic rings. The Labute approximate surface area is 213 Å². The van der Waals surface area contributed by atoms with E-state index in [0.717, 1.165) is 5.56 Å². The number of hydrogen-bond donors (Lipinski definition) is 1. The molecule has 0 bridgehead atoms. The summed E-state index contributed by atoms with van der Waals surface area (Å²) in [6, 6.07) is 29.3. The highest BCUT2D eigenvalue weighted by molar-refractivity contribution is 6.30. The first-order valence-corrected chi connectivity index (χ1v) is 11.5. The van der Waals surface area contributed by atoms with E-state index in [9.17, 15) is 14.4 Å². The van der Waals surface area contributed by atoms with Gasteiger partial charge in [-0.05, 0) is 60.2 Å². The lowest BCUT2D eigenvalue weighted by molar-refractivity contribution is -0.119. The van der Waals surface area contributed by atoms with E-state index in [1.165, 1.54) is 12.1 Å². The predicted molar refractivity (Wildman–Crippen MR) is 137 cm³/mol. The summed E-state index contributed by atoms with van der Waals surface area (Å²) in [7, 11) is 0. The van der Waals surface area contributed by atoms with Crippen LogP contribution in [0.2, 0.25) is 5.02 Å². The second-order valence-corrected chi connectivity index (χ2v) is 8.24. The molecule has 0 atom stereocenters. The fourth-order valence-electron chi connectivity index (χ4n) is 3.40. The van der Waals surface area contributed by atoms with E-state index in [0.29, 0.717) is 28.6 Å². The first-order valence-electron chi connectivity index (χ1n) is 11.1. The van der Waals surface area contributed by atoms with Crippen molar-refractivity contribution in [1.29, 1.82) is 0 Å². The molecule has 36 heavy (non-hydrogen) atoms. The quantitative estimate of drug-likeness (QED) is 0.227. The first kappa shape index (κ1) is 24.7. The molecular weight excluding hydrogens is 478 g/mol. The molecule has 180 valence electrons. The van der Waals surface area contributed by atoms with Crippen molar-refractivity contribution in [1.82, 2.24) is 0 Å². The van der Waals surface area contributed by atoms with Crippen molar-refractivity contribution in [3.8, 4) is 5.75 Å². The summed E-state index contributed by atoms with van der Waals surface area (Å²) < 4.78 is 10.9. The van der Waals surface area contributed by atoms with E-state index in [1.54, 1.807) is 60.7 Å². The van der Waals surface area contributed by atoms with Gasteiger partial charge in [-0.3, -0.25) is 9.59 Å². The number of benzene rings is 4. The summed E-state index contributed by atoms with van der Waals surface area (Å²) >= 11 is 5.89. The summed E-state index contributed by atoms with van der Waals surface area (Å²) in [6.45, 7) is -0.0704. The van der Waals surface area contributed by atoms with Gasteiger partial charge >= 0.3 is 5.97 Å². The zero-order valence-corrected chi connectivity index (χ0v) is 19.9. The molecule has 4 rings (SSSR count). The van der Waals surface area contributed by atoms with Crippen LogP contribution in [0.25, 0.3) is 0 Å². The molecule has 4 aromatic carbocycles. The minimum absolute atomic E-state index is 0.0742. The van der Waals surface area contributed by atoms with E-state index < -0.39 is 18.5 Å². The second kappa shape index (κ2) is 11.8. The third-order valence-electron chi connectivity index (χ3n) is 5.22. The molecule has 0 aliphatic heterocycles. The molecule has 0 unspecified atom stereocenters. The number of halogens is 1. The van der Waals surface area contributed by atoms with E-state index in [1.807, 2.05) is 30.3 Å². The lowest BCUT2D eigenvalue weighted by atomic mass is 9.98. The van der Waals surface area contributed by atoms with Crippen LogP contribution in [0.4, 0.5) is 5.69 Å². The van der Waals surface area contributed by atoms with Crippen LogP contribution in [-0.4, -0.2) is 24.3 Å². The van der Waals surface area contributed by atoms with Crippen LogP contribution in [0.1, 0.15) is 31.8 Å². The Hall–Kier alpha value is -4.42. The van der Waals surface area contributed by atoms with Gasteiger partial charge in [0.05, 0.1) is 5.56 Å². The Bertz CT molecular complexity index is 1350. The predicted octanol–water partition coefficient (Wildman–Crippen LogP) is 5.95. The van der Waals surface area contributed by atoms with Gasteiger partial charge in [0.15, 0.2) is 12.4 Å². The lowest BCUT2D eigenvalue weighted by Gasteiger charge is -2.10. The van der Waals surface area contributed by atoms with Crippen molar-refractivity contribution in [3.63, 3.8) is 0 Å². The number of anilines is 1. The van der Waals surface area contributed by atoms with Crippen molar-refractivity contribution in [3.05, 3.63) is 130 Å². The Kier molecular flexibility index (Phi) is 8.11. The number of ketones is 1. The van der Waals surface area contributed by atoms with Gasteiger partial charge < -0.3 is 14.8 Å². The molecule has 0 saturated carbocycles. The molecule has 6 nitrogen and oxygen atoms in total. The SMILES string of the molecule is O=C(COC(=O)c1ccccc1C(=O)c1ccc(Cl)cc1)Nc1ccc(OCc2ccccc2)cc1.